The Kier molecular flexibility index (Phi) is 3.95. The number of carbonyl (C=O) groups is 1. The second-order valence-corrected chi connectivity index (χ2v) is 6.20. The topological polar surface area (TPSA) is 71.5 Å². The van der Waals surface area contributed by atoms with Crippen LogP contribution in [0.15, 0.2) is 18.5 Å². The van der Waals surface area contributed by atoms with Gasteiger partial charge in [-0.25, -0.2) is 0 Å². The Labute approximate surface area is 124 Å². The summed E-state index contributed by atoms with van der Waals surface area (Å²) in [6.45, 7) is 3.31. The summed E-state index contributed by atoms with van der Waals surface area (Å²) in [5.41, 5.74) is 1.87. The van der Waals surface area contributed by atoms with E-state index in [4.69, 9.17) is 4.74 Å². The van der Waals surface area contributed by atoms with Crippen LogP contribution in [-0.2, 0) is 16.0 Å². The Balaban J connectivity index is 1.61. The van der Waals surface area contributed by atoms with Gasteiger partial charge in [-0.05, 0) is 43.4 Å². The van der Waals surface area contributed by atoms with E-state index in [1.165, 1.54) is 0 Å². The number of rotatable bonds is 3. The highest BCUT2D eigenvalue weighted by molar-refractivity contribution is 5.79. The summed E-state index contributed by atoms with van der Waals surface area (Å²) in [4.78, 5) is 16.3. The van der Waals surface area contributed by atoms with Gasteiger partial charge in [0.15, 0.2) is 0 Å². The molecule has 0 aromatic carbocycles. The van der Waals surface area contributed by atoms with Gasteiger partial charge in [0.1, 0.15) is 0 Å². The molecular formula is C16H22N2O3. The third-order valence-corrected chi connectivity index (χ3v) is 5.06. The maximum atomic E-state index is 12.3. The molecule has 5 heteroatoms. The fourth-order valence-electron chi connectivity index (χ4n) is 3.52. The highest BCUT2D eigenvalue weighted by Gasteiger charge is 2.55. The van der Waals surface area contributed by atoms with Crippen LogP contribution in [0.25, 0.3) is 0 Å². The van der Waals surface area contributed by atoms with Crippen LogP contribution in [0.2, 0.25) is 0 Å². The zero-order chi connectivity index (χ0) is 14.9. The average molecular weight is 290 g/mol. The van der Waals surface area contributed by atoms with Gasteiger partial charge in [0.25, 0.3) is 0 Å². The number of aliphatic hydroxyl groups excluding tert-OH is 1. The van der Waals surface area contributed by atoms with Crippen LogP contribution < -0.4 is 5.32 Å². The van der Waals surface area contributed by atoms with Crippen LogP contribution in [0.1, 0.15) is 30.4 Å². The van der Waals surface area contributed by atoms with E-state index in [0.29, 0.717) is 26.1 Å². The molecule has 2 heterocycles. The summed E-state index contributed by atoms with van der Waals surface area (Å²) in [6, 6.07) is 1.96. The Bertz CT molecular complexity index is 526. The molecule has 2 fully saturated rings. The first-order chi connectivity index (χ1) is 10.1. The number of pyridine rings is 1. The predicted molar refractivity (Wildman–Crippen MR) is 77.7 cm³/mol. The molecule has 1 aromatic rings. The number of aromatic nitrogens is 1. The number of carbonyl (C=O) groups excluding carboxylic acids is 1. The van der Waals surface area contributed by atoms with E-state index in [1.54, 1.807) is 12.4 Å². The van der Waals surface area contributed by atoms with Crippen molar-refractivity contribution in [2.24, 2.45) is 5.41 Å². The Morgan fingerprint density at radius 1 is 1.52 bits per heavy atom. The van der Waals surface area contributed by atoms with Crippen molar-refractivity contribution in [3.63, 3.8) is 0 Å². The standard InChI is InChI=1S/C16H22N2O3/c1-11-10-17-5-2-12(11)8-15(20)18-13-9-14(19)16(13)3-6-21-7-4-16/h2,5,10,13-14,19H,3-4,6-9H2,1H3,(H,18,20)/t13-,14-/m1/s1. The average Bonchev–Trinajstić information content (AvgIpc) is 2.50. The first kappa shape index (κ1) is 14.5. The molecule has 1 aromatic heterocycles. The van der Waals surface area contributed by atoms with E-state index >= 15 is 0 Å². The van der Waals surface area contributed by atoms with Crippen LogP contribution in [0, 0.1) is 12.3 Å². The molecule has 1 saturated heterocycles. The number of aliphatic hydroxyl groups is 1. The monoisotopic (exact) mass is 290 g/mol. The molecule has 0 bridgehead atoms. The lowest BCUT2D eigenvalue weighted by molar-refractivity contribution is -0.155. The van der Waals surface area contributed by atoms with Crippen LogP contribution in [0.5, 0.6) is 0 Å². The summed E-state index contributed by atoms with van der Waals surface area (Å²) in [5, 5.41) is 13.2. The summed E-state index contributed by atoms with van der Waals surface area (Å²) in [5.74, 6) is 0.0204. The first-order valence-corrected chi connectivity index (χ1v) is 7.56. The molecule has 21 heavy (non-hydrogen) atoms. The molecule has 1 saturated carbocycles. The van der Waals surface area contributed by atoms with Crippen molar-refractivity contribution >= 4 is 5.91 Å². The van der Waals surface area contributed by atoms with E-state index < -0.39 is 0 Å². The van der Waals surface area contributed by atoms with Crippen LogP contribution in [-0.4, -0.2) is 41.4 Å². The van der Waals surface area contributed by atoms with Gasteiger partial charge in [-0.2, -0.15) is 0 Å². The zero-order valence-corrected chi connectivity index (χ0v) is 12.3. The third-order valence-electron chi connectivity index (χ3n) is 5.06. The van der Waals surface area contributed by atoms with Crippen LogP contribution in [0.3, 0.4) is 0 Å². The molecule has 0 radical (unpaired) electrons. The van der Waals surface area contributed by atoms with Gasteiger partial charge in [-0.15, -0.1) is 0 Å². The number of hydrogen-bond donors (Lipinski definition) is 2. The number of aryl methyl sites for hydroxylation is 1. The van der Waals surface area contributed by atoms with Gasteiger partial charge in [0, 0.05) is 37.1 Å². The second-order valence-electron chi connectivity index (χ2n) is 6.20. The smallest absolute Gasteiger partial charge is 0.224 e. The fraction of sp³-hybridized carbons (Fsp3) is 0.625. The van der Waals surface area contributed by atoms with E-state index in [9.17, 15) is 9.90 Å². The molecule has 2 atom stereocenters. The van der Waals surface area contributed by atoms with Gasteiger partial charge in [0.2, 0.25) is 5.91 Å². The molecule has 3 rings (SSSR count). The highest BCUT2D eigenvalue weighted by Crippen LogP contribution is 2.48. The van der Waals surface area contributed by atoms with Gasteiger partial charge in [0.05, 0.1) is 12.5 Å². The van der Waals surface area contributed by atoms with E-state index in [2.05, 4.69) is 10.3 Å². The lowest BCUT2D eigenvalue weighted by Crippen LogP contribution is -2.65. The molecule has 114 valence electrons. The molecular weight excluding hydrogens is 268 g/mol. The largest absolute Gasteiger partial charge is 0.392 e. The summed E-state index contributed by atoms with van der Waals surface area (Å²) in [7, 11) is 0. The lowest BCUT2D eigenvalue weighted by Gasteiger charge is -2.55. The molecule has 1 amide bonds. The molecule has 2 N–H and O–H groups in total. The van der Waals surface area contributed by atoms with Crippen LogP contribution >= 0.6 is 0 Å². The molecule has 0 unspecified atom stereocenters. The van der Waals surface area contributed by atoms with E-state index in [-0.39, 0.29) is 23.5 Å². The molecule has 5 nitrogen and oxygen atoms in total. The maximum absolute atomic E-state index is 12.3. The number of nitrogens with one attached hydrogen (secondary N) is 1. The maximum Gasteiger partial charge on any atom is 0.224 e. The zero-order valence-electron chi connectivity index (χ0n) is 12.3. The van der Waals surface area contributed by atoms with Gasteiger partial charge >= 0.3 is 0 Å². The third kappa shape index (κ3) is 2.68. The first-order valence-electron chi connectivity index (χ1n) is 7.56. The summed E-state index contributed by atoms with van der Waals surface area (Å²) >= 11 is 0. The minimum atomic E-state index is -0.311. The van der Waals surface area contributed by atoms with E-state index in [1.807, 2.05) is 13.0 Å². The summed E-state index contributed by atoms with van der Waals surface area (Å²) < 4.78 is 5.38. The predicted octanol–water partition coefficient (Wildman–Crippen LogP) is 0.979. The number of amides is 1. The summed E-state index contributed by atoms with van der Waals surface area (Å²) in [6.07, 6.45) is 5.85. The normalized spacial score (nSPS) is 27.1. The Morgan fingerprint density at radius 3 is 2.95 bits per heavy atom. The van der Waals surface area contributed by atoms with Crippen molar-refractivity contribution in [1.29, 1.82) is 0 Å². The Hall–Kier alpha value is -1.46. The van der Waals surface area contributed by atoms with Crippen molar-refractivity contribution in [3.05, 3.63) is 29.6 Å². The van der Waals surface area contributed by atoms with Crippen molar-refractivity contribution in [2.75, 3.05) is 13.2 Å². The fourth-order valence-corrected chi connectivity index (χ4v) is 3.52. The second kappa shape index (κ2) is 5.73. The molecule has 1 aliphatic heterocycles. The van der Waals surface area contributed by atoms with Crippen molar-refractivity contribution < 1.29 is 14.6 Å². The quantitative estimate of drug-likeness (QED) is 0.870. The molecule has 1 aliphatic carbocycles. The van der Waals surface area contributed by atoms with Gasteiger partial charge in [-0.3, -0.25) is 9.78 Å². The highest BCUT2D eigenvalue weighted by atomic mass is 16.5. The minimum absolute atomic E-state index is 0.0204. The molecule has 1 spiro atoms. The van der Waals surface area contributed by atoms with Crippen LogP contribution in [0.4, 0.5) is 0 Å². The van der Waals surface area contributed by atoms with Crippen molar-refractivity contribution in [2.45, 2.75) is 44.8 Å². The number of hydrogen-bond acceptors (Lipinski definition) is 4. The van der Waals surface area contributed by atoms with Crippen molar-refractivity contribution in [1.82, 2.24) is 10.3 Å². The van der Waals surface area contributed by atoms with Crippen molar-refractivity contribution in [3.8, 4) is 0 Å². The van der Waals surface area contributed by atoms with Gasteiger partial charge < -0.3 is 15.2 Å². The number of ether oxygens (including phenoxy) is 1. The molecule has 2 aliphatic rings. The van der Waals surface area contributed by atoms with E-state index in [0.717, 1.165) is 24.0 Å². The number of nitrogens with zero attached hydrogens (tertiary/aromatic N) is 1. The Morgan fingerprint density at radius 2 is 2.29 bits per heavy atom. The SMILES string of the molecule is Cc1cnccc1CC(=O)N[C@@H]1C[C@@H](O)C12CCOCC2. The minimum Gasteiger partial charge on any atom is -0.392 e. The van der Waals surface area contributed by atoms with Gasteiger partial charge in [-0.1, -0.05) is 0 Å². The lowest BCUT2D eigenvalue weighted by atomic mass is 9.58.